The lowest BCUT2D eigenvalue weighted by molar-refractivity contribution is 0.303. The predicted molar refractivity (Wildman–Crippen MR) is 93.0 cm³/mol. The Balaban J connectivity index is 2.45. The number of benzene rings is 1. The Morgan fingerprint density at radius 1 is 1.20 bits per heavy atom. The molecule has 0 amide bonds. The van der Waals surface area contributed by atoms with Crippen molar-refractivity contribution >= 4 is 29.0 Å². The summed E-state index contributed by atoms with van der Waals surface area (Å²) in [6, 6.07) is 5.96. The van der Waals surface area contributed by atoms with E-state index in [1.807, 2.05) is 24.5 Å². The van der Waals surface area contributed by atoms with Crippen molar-refractivity contribution in [3.8, 4) is 5.75 Å². The molecular formula is C16H25NOS2. The highest BCUT2D eigenvalue weighted by molar-refractivity contribution is 7.98. The third-order valence-corrected chi connectivity index (χ3v) is 4.19. The molecular weight excluding hydrogens is 286 g/mol. The first-order valence-corrected chi connectivity index (χ1v) is 8.93. The summed E-state index contributed by atoms with van der Waals surface area (Å²) in [5.41, 5.74) is 6.69. The van der Waals surface area contributed by atoms with E-state index in [2.05, 4.69) is 6.92 Å². The summed E-state index contributed by atoms with van der Waals surface area (Å²) in [4.78, 5) is 1.49. The molecule has 0 radical (unpaired) electrons. The van der Waals surface area contributed by atoms with Gasteiger partial charge < -0.3 is 10.5 Å². The standard InChI is InChI=1S/C16H25NOS2/c1-3-4-5-6-7-8-12-18-13-10-9-11-14(20-2)15(13)16(17)19/h9-11H,3-8,12H2,1-2H3,(H2,17,19). The Morgan fingerprint density at radius 3 is 2.55 bits per heavy atom. The van der Waals surface area contributed by atoms with E-state index in [0.717, 1.165) is 29.2 Å². The summed E-state index contributed by atoms with van der Waals surface area (Å²) in [7, 11) is 0. The molecule has 4 heteroatoms. The zero-order valence-electron chi connectivity index (χ0n) is 12.5. The van der Waals surface area contributed by atoms with Gasteiger partial charge in [-0.05, 0) is 24.8 Å². The summed E-state index contributed by atoms with van der Waals surface area (Å²) in [5.74, 6) is 0.818. The quantitative estimate of drug-likeness (QED) is 0.383. The molecule has 0 saturated carbocycles. The Kier molecular flexibility index (Phi) is 8.70. The van der Waals surface area contributed by atoms with Crippen molar-refractivity contribution in [2.75, 3.05) is 12.9 Å². The molecule has 0 aromatic heterocycles. The van der Waals surface area contributed by atoms with Crippen molar-refractivity contribution in [3.63, 3.8) is 0 Å². The van der Waals surface area contributed by atoms with Crippen LogP contribution in [0.3, 0.4) is 0 Å². The van der Waals surface area contributed by atoms with Gasteiger partial charge >= 0.3 is 0 Å². The second kappa shape index (κ2) is 10.1. The molecule has 2 nitrogen and oxygen atoms in total. The van der Waals surface area contributed by atoms with Crippen molar-refractivity contribution in [1.29, 1.82) is 0 Å². The lowest BCUT2D eigenvalue weighted by Crippen LogP contribution is -2.13. The van der Waals surface area contributed by atoms with E-state index >= 15 is 0 Å². The van der Waals surface area contributed by atoms with E-state index in [4.69, 9.17) is 22.7 Å². The van der Waals surface area contributed by atoms with Crippen molar-refractivity contribution in [1.82, 2.24) is 0 Å². The van der Waals surface area contributed by atoms with Crippen LogP contribution in [-0.4, -0.2) is 17.9 Å². The van der Waals surface area contributed by atoms with Crippen molar-refractivity contribution in [2.45, 2.75) is 50.3 Å². The van der Waals surface area contributed by atoms with Crippen LogP contribution in [0.5, 0.6) is 5.75 Å². The van der Waals surface area contributed by atoms with Crippen molar-refractivity contribution < 1.29 is 4.74 Å². The van der Waals surface area contributed by atoms with Gasteiger partial charge in [-0.15, -0.1) is 11.8 Å². The first-order valence-electron chi connectivity index (χ1n) is 7.30. The molecule has 0 heterocycles. The molecule has 2 N–H and O–H groups in total. The van der Waals surface area contributed by atoms with E-state index in [9.17, 15) is 0 Å². The largest absolute Gasteiger partial charge is 0.493 e. The zero-order chi connectivity index (χ0) is 14.8. The number of thiocarbonyl (C=S) groups is 1. The fraction of sp³-hybridized carbons (Fsp3) is 0.562. The minimum atomic E-state index is 0.410. The predicted octanol–water partition coefficient (Wildman–Crippen LogP) is 4.78. The van der Waals surface area contributed by atoms with Gasteiger partial charge in [0, 0.05) is 4.90 Å². The molecule has 0 aliphatic rings. The number of hydrogen-bond donors (Lipinski definition) is 1. The Hall–Kier alpha value is -0.740. The molecule has 1 aromatic carbocycles. The summed E-state index contributed by atoms with van der Waals surface area (Å²) < 4.78 is 5.87. The highest BCUT2D eigenvalue weighted by Gasteiger charge is 2.11. The Bertz CT molecular complexity index is 421. The van der Waals surface area contributed by atoms with Crippen LogP contribution in [0, 0.1) is 0 Å². The number of ether oxygens (including phenoxy) is 1. The molecule has 1 aromatic rings. The van der Waals surface area contributed by atoms with Crippen LogP contribution in [0.2, 0.25) is 0 Å². The average molecular weight is 312 g/mol. The first-order chi connectivity index (χ1) is 9.70. The van der Waals surface area contributed by atoms with Gasteiger partial charge in [-0.3, -0.25) is 0 Å². The summed E-state index contributed by atoms with van der Waals surface area (Å²) in [6.07, 6.45) is 9.58. The van der Waals surface area contributed by atoms with E-state index in [-0.39, 0.29) is 0 Å². The zero-order valence-corrected chi connectivity index (χ0v) is 14.1. The highest BCUT2D eigenvalue weighted by Crippen LogP contribution is 2.29. The summed E-state index contributed by atoms with van der Waals surface area (Å²) in [6.45, 7) is 2.97. The molecule has 0 aliphatic carbocycles. The molecule has 0 atom stereocenters. The summed E-state index contributed by atoms with van der Waals surface area (Å²) >= 11 is 6.78. The Labute approximate surface area is 132 Å². The lowest BCUT2D eigenvalue weighted by atomic mass is 10.1. The number of thioether (sulfide) groups is 1. The van der Waals surface area contributed by atoms with Gasteiger partial charge in [-0.25, -0.2) is 0 Å². The van der Waals surface area contributed by atoms with Crippen molar-refractivity contribution in [3.05, 3.63) is 23.8 Å². The molecule has 0 fully saturated rings. The molecule has 0 bridgehead atoms. The van der Waals surface area contributed by atoms with Gasteiger partial charge in [-0.2, -0.15) is 0 Å². The van der Waals surface area contributed by atoms with Gasteiger partial charge in [0.1, 0.15) is 10.7 Å². The smallest absolute Gasteiger partial charge is 0.130 e. The molecule has 0 saturated heterocycles. The number of nitrogens with two attached hydrogens (primary N) is 1. The minimum Gasteiger partial charge on any atom is -0.493 e. The van der Waals surface area contributed by atoms with Gasteiger partial charge in [0.25, 0.3) is 0 Å². The number of rotatable bonds is 10. The van der Waals surface area contributed by atoms with Crippen LogP contribution in [-0.2, 0) is 0 Å². The maximum Gasteiger partial charge on any atom is 0.130 e. The second-order valence-corrected chi connectivity index (χ2v) is 6.10. The fourth-order valence-corrected chi connectivity index (χ4v) is 3.01. The molecule has 0 unspecified atom stereocenters. The van der Waals surface area contributed by atoms with E-state index in [1.54, 1.807) is 11.8 Å². The van der Waals surface area contributed by atoms with Gasteiger partial charge in [0.15, 0.2) is 0 Å². The molecule has 112 valence electrons. The average Bonchev–Trinajstić information content (AvgIpc) is 2.45. The monoisotopic (exact) mass is 311 g/mol. The second-order valence-electron chi connectivity index (χ2n) is 4.81. The van der Waals surface area contributed by atoms with E-state index in [1.165, 1.54) is 32.1 Å². The molecule has 1 rings (SSSR count). The first kappa shape index (κ1) is 17.3. The van der Waals surface area contributed by atoms with Crippen LogP contribution in [0.4, 0.5) is 0 Å². The van der Waals surface area contributed by atoms with E-state index in [0.29, 0.717) is 4.99 Å². The fourth-order valence-electron chi connectivity index (χ4n) is 2.11. The normalized spacial score (nSPS) is 10.5. The van der Waals surface area contributed by atoms with Crippen molar-refractivity contribution in [2.24, 2.45) is 5.73 Å². The maximum atomic E-state index is 5.87. The van der Waals surface area contributed by atoms with Gasteiger partial charge in [0.05, 0.1) is 12.2 Å². The lowest BCUT2D eigenvalue weighted by Gasteiger charge is -2.13. The topological polar surface area (TPSA) is 35.2 Å². The summed E-state index contributed by atoms with van der Waals surface area (Å²) in [5, 5.41) is 0. The minimum absolute atomic E-state index is 0.410. The van der Waals surface area contributed by atoms with Crippen LogP contribution in [0.15, 0.2) is 23.1 Å². The third-order valence-electron chi connectivity index (χ3n) is 3.21. The SMILES string of the molecule is CCCCCCCCOc1cccc(SC)c1C(N)=S. The molecule has 20 heavy (non-hydrogen) atoms. The third kappa shape index (κ3) is 5.71. The number of hydrogen-bond acceptors (Lipinski definition) is 3. The van der Waals surface area contributed by atoms with Crippen LogP contribution in [0.25, 0.3) is 0 Å². The van der Waals surface area contributed by atoms with Gasteiger partial charge in [0.2, 0.25) is 0 Å². The van der Waals surface area contributed by atoms with E-state index < -0.39 is 0 Å². The Morgan fingerprint density at radius 2 is 1.90 bits per heavy atom. The highest BCUT2D eigenvalue weighted by atomic mass is 32.2. The van der Waals surface area contributed by atoms with Crippen LogP contribution in [0.1, 0.15) is 51.0 Å². The number of unbranched alkanes of at least 4 members (excludes halogenated alkanes) is 5. The maximum absolute atomic E-state index is 5.87. The van der Waals surface area contributed by atoms with Gasteiger partial charge in [-0.1, -0.05) is 57.3 Å². The van der Waals surface area contributed by atoms with Crippen LogP contribution >= 0.6 is 24.0 Å². The van der Waals surface area contributed by atoms with Crippen LogP contribution < -0.4 is 10.5 Å². The molecule has 0 aliphatic heterocycles. The molecule has 0 spiro atoms.